The van der Waals surface area contributed by atoms with Gasteiger partial charge in [-0.3, -0.25) is 4.79 Å². The number of nitrogens with zero attached hydrogens (tertiary/aromatic N) is 2. The van der Waals surface area contributed by atoms with Crippen LogP contribution in [0, 0.1) is 6.92 Å². The minimum atomic E-state index is -0.0816. The number of rotatable bonds is 4. The van der Waals surface area contributed by atoms with Gasteiger partial charge in [0.1, 0.15) is 16.5 Å². The minimum Gasteiger partial charge on any atom is -0.496 e. The van der Waals surface area contributed by atoms with Gasteiger partial charge in [0.15, 0.2) is 0 Å². The van der Waals surface area contributed by atoms with Crippen LogP contribution < -0.4 is 10.1 Å². The number of thiazole rings is 1. The third kappa shape index (κ3) is 4.95. The van der Waals surface area contributed by atoms with Crippen molar-refractivity contribution in [2.75, 3.05) is 26.7 Å². The molecule has 8 heteroatoms. The molecule has 2 aromatic carbocycles. The van der Waals surface area contributed by atoms with Gasteiger partial charge >= 0.3 is 0 Å². The molecule has 160 valence electrons. The molecular formula is C22H25Cl2N3O2S. The minimum absolute atomic E-state index is 0. The highest BCUT2D eigenvalue weighted by Gasteiger charge is 2.31. The van der Waals surface area contributed by atoms with E-state index < -0.39 is 0 Å². The Labute approximate surface area is 193 Å². The number of aryl methyl sites for hydroxylation is 1. The Morgan fingerprint density at radius 2 is 1.90 bits per heavy atom. The summed E-state index contributed by atoms with van der Waals surface area (Å²) in [4.78, 5) is 19.8. The summed E-state index contributed by atoms with van der Waals surface area (Å²) in [5.41, 5.74) is 3.76. The molecule has 1 amide bonds. The van der Waals surface area contributed by atoms with Crippen LogP contribution >= 0.6 is 36.2 Å². The Hall–Kier alpha value is -2.12. The van der Waals surface area contributed by atoms with E-state index in [1.165, 1.54) is 16.9 Å². The average molecular weight is 466 g/mol. The third-order valence-corrected chi connectivity index (χ3v) is 5.92. The summed E-state index contributed by atoms with van der Waals surface area (Å²) < 4.78 is 5.52. The summed E-state index contributed by atoms with van der Waals surface area (Å²) in [6, 6.07) is 16.0. The number of halogens is 2. The van der Waals surface area contributed by atoms with Crippen LogP contribution in [-0.2, 0) is 0 Å². The number of amides is 1. The molecule has 1 unspecified atom stereocenters. The molecule has 1 N–H and O–H groups in total. The lowest BCUT2D eigenvalue weighted by atomic mass is 10.0. The van der Waals surface area contributed by atoms with E-state index >= 15 is 0 Å². The molecule has 1 atom stereocenters. The number of piperazine rings is 1. The molecule has 4 rings (SSSR count). The Bertz CT molecular complexity index is 979. The van der Waals surface area contributed by atoms with E-state index in [-0.39, 0.29) is 36.8 Å². The highest BCUT2D eigenvalue weighted by Crippen LogP contribution is 2.32. The van der Waals surface area contributed by atoms with Gasteiger partial charge in [-0.1, -0.05) is 48.0 Å². The van der Waals surface area contributed by atoms with E-state index in [1.54, 1.807) is 7.11 Å². The van der Waals surface area contributed by atoms with Gasteiger partial charge in [0.2, 0.25) is 0 Å². The SMILES string of the molecule is COc1ccccc1C1CNCCN1C(=O)c1csc(-c2ccc(C)cc2)n1.Cl.Cl. The molecule has 0 radical (unpaired) electrons. The molecule has 1 saturated heterocycles. The molecule has 0 spiro atoms. The Balaban J connectivity index is 0.00000160. The Kier molecular flexibility index (Phi) is 8.67. The van der Waals surface area contributed by atoms with Crippen LogP contribution in [-0.4, -0.2) is 42.5 Å². The lowest BCUT2D eigenvalue weighted by Crippen LogP contribution is -2.48. The van der Waals surface area contributed by atoms with Gasteiger partial charge in [-0.15, -0.1) is 36.2 Å². The van der Waals surface area contributed by atoms with Gasteiger partial charge in [0, 0.05) is 36.1 Å². The van der Waals surface area contributed by atoms with E-state index in [9.17, 15) is 4.79 Å². The van der Waals surface area contributed by atoms with Crippen molar-refractivity contribution in [3.05, 3.63) is 70.7 Å². The van der Waals surface area contributed by atoms with Gasteiger partial charge in [0.25, 0.3) is 5.91 Å². The quantitative estimate of drug-likeness (QED) is 0.603. The number of nitrogens with one attached hydrogen (secondary N) is 1. The average Bonchev–Trinajstić information content (AvgIpc) is 3.24. The first-order valence-corrected chi connectivity index (χ1v) is 10.2. The number of hydrogen-bond acceptors (Lipinski definition) is 5. The summed E-state index contributed by atoms with van der Waals surface area (Å²) >= 11 is 1.51. The van der Waals surface area contributed by atoms with Gasteiger partial charge in [0.05, 0.1) is 13.2 Å². The van der Waals surface area contributed by atoms with E-state index in [2.05, 4.69) is 29.4 Å². The van der Waals surface area contributed by atoms with Gasteiger partial charge in [-0.25, -0.2) is 4.98 Å². The normalized spacial score (nSPS) is 15.7. The van der Waals surface area contributed by atoms with Crippen LogP contribution in [0.3, 0.4) is 0 Å². The number of carbonyl (C=O) groups is 1. The van der Waals surface area contributed by atoms with Crippen molar-refractivity contribution < 1.29 is 9.53 Å². The molecule has 0 aliphatic carbocycles. The van der Waals surface area contributed by atoms with E-state index in [0.717, 1.165) is 28.4 Å². The summed E-state index contributed by atoms with van der Waals surface area (Å²) in [5, 5.41) is 6.12. The van der Waals surface area contributed by atoms with Crippen molar-refractivity contribution in [1.82, 2.24) is 15.2 Å². The van der Waals surface area contributed by atoms with Crippen LogP contribution in [0.25, 0.3) is 10.6 Å². The first-order valence-electron chi connectivity index (χ1n) is 9.34. The second-order valence-electron chi connectivity index (χ2n) is 6.86. The molecule has 2 heterocycles. The van der Waals surface area contributed by atoms with E-state index in [4.69, 9.17) is 4.74 Å². The lowest BCUT2D eigenvalue weighted by molar-refractivity contribution is 0.0626. The summed E-state index contributed by atoms with van der Waals surface area (Å²) in [5.74, 6) is 0.764. The van der Waals surface area contributed by atoms with Crippen molar-refractivity contribution in [1.29, 1.82) is 0 Å². The fraction of sp³-hybridized carbons (Fsp3) is 0.273. The zero-order chi connectivity index (χ0) is 19.5. The van der Waals surface area contributed by atoms with Crippen LogP contribution in [0.1, 0.15) is 27.7 Å². The number of carbonyl (C=O) groups excluding carboxylic acids is 1. The number of para-hydroxylation sites is 1. The van der Waals surface area contributed by atoms with Crippen LogP contribution in [0.15, 0.2) is 53.9 Å². The summed E-state index contributed by atoms with van der Waals surface area (Å²) in [6.45, 7) is 4.16. The van der Waals surface area contributed by atoms with Crippen molar-refractivity contribution in [2.24, 2.45) is 0 Å². The number of methoxy groups -OCH3 is 1. The third-order valence-electron chi connectivity index (χ3n) is 5.02. The van der Waals surface area contributed by atoms with Gasteiger partial charge < -0.3 is 15.0 Å². The van der Waals surface area contributed by atoms with Gasteiger partial charge in [-0.05, 0) is 13.0 Å². The molecule has 1 aliphatic heterocycles. The molecule has 30 heavy (non-hydrogen) atoms. The maximum Gasteiger partial charge on any atom is 0.273 e. The summed E-state index contributed by atoms with van der Waals surface area (Å²) in [7, 11) is 1.66. The molecule has 1 aliphatic rings. The van der Waals surface area contributed by atoms with Crippen LogP contribution in [0.2, 0.25) is 0 Å². The zero-order valence-electron chi connectivity index (χ0n) is 16.8. The predicted octanol–water partition coefficient (Wildman–Crippen LogP) is 4.76. The number of benzene rings is 2. The van der Waals surface area contributed by atoms with E-state index in [1.807, 2.05) is 46.7 Å². The van der Waals surface area contributed by atoms with Crippen molar-refractivity contribution in [3.63, 3.8) is 0 Å². The highest BCUT2D eigenvalue weighted by molar-refractivity contribution is 7.13. The molecule has 5 nitrogen and oxygen atoms in total. The fourth-order valence-electron chi connectivity index (χ4n) is 3.51. The standard InChI is InChI=1S/C22H23N3O2S.2ClH/c1-15-7-9-16(10-8-15)21-24-18(14-28-21)22(26)25-12-11-23-13-19(25)17-5-3-4-6-20(17)27-2;;/h3-10,14,19,23H,11-13H2,1-2H3;2*1H. The second kappa shape index (κ2) is 10.8. The number of ether oxygens (including phenoxy) is 1. The van der Waals surface area contributed by atoms with Crippen LogP contribution in [0.4, 0.5) is 0 Å². The Morgan fingerprint density at radius 3 is 2.63 bits per heavy atom. The number of aromatic nitrogens is 1. The van der Waals surface area contributed by atoms with Crippen molar-refractivity contribution in [3.8, 4) is 16.3 Å². The fourth-order valence-corrected chi connectivity index (χ4v) is 4.31. The topological polar surface area (TPSA) is 54.5 Å². The monoisotopic (exact) mass is 465 g/mol. The maximum absolute atomic E-state index is 13.3. The lowest BCUT2D eigenvalue weighted by Gasteiger charge is -2.36. The Morgan fingerprint density at radius 1 is 1.17 bits per heavy atom. The molecule has 3 aromatic rings. The first kappa shape index (κ1) is 24.2. The molecule has 1 aromatic heterocycles. The second-order valence-corrected chi connectivity index (χ2v) is 7.72. The molecule has 1 fully saturated rings. The number of hydrogen-bond donors (Lipinski definition) is 1. The largest absolute Gasteiger partial charge is 0.496 e. The van der Waals surface area contributed by atoms with Crippen molar-refractivity contribution >= 4 is 42.1 Å². The van der Waals surface area contributed by atoms with Crippen LogP contribution in [0.5, 0.6) is 5.75 Å². The first-order chi connectivity index (χ1) is 13.7. The maximum atomic E-state index is 13.3. The molecule has 0 saturated carbocycles. The molecule has 0 bridgehead atoms. The summed E-state index contributed by atoms with van der Waals surface area (Å²) in [6.07, 6.45) is 0. The van der Waals surface area contributed by atoms with Crippen molar-refractivity contribution in [2.45, 2.75) is 13.0 Å². The zero-order valence-corrected chi connectivity index (χ0v) is 19.3. The van der Waals surface area contributed by atoms with E-state index in [0.29, 0.717) is 18.8 Å². The predicted molar refractivity (Wildman–Crippen MR) is 126 cm³/mol. The van der Waals surface area contributed by atoms with Gasteiger partial charge in [-0.2, -0.15) is 0 Å². The highest BCUT2D eigenvalue weighted by atomic mass is 35.5. The smallest absolute Gasteiger partial charge is 0.273 e. The molecular weight excluding hydrogens is 441 g/mol.